The van der Waals surface area contributed by atoms with Crippen molar-refractivity contribution in [3.63, 3.8) is 0 Å². The zero-order valence-corrected chi connectivity index (χ0v) is 14.9. The summed E-state index contributed by atoms with van der Waals surface area (Å²) >= 11 is 3.57. The molecule has 1 saturated heterocycles. The molecule has 1 aromatic heterocycles. The molecule has 2 aromatic rings. The highest BCUT2D eigenvalue weighted by Gasteiger charge is 2.17. The molecule has 2 heterocycles. The Labute approximate surface area is 146 Å². The van der Waals surface area contributed by atoms with E-state index in [1.54, 1.807) is 6.20 Å². The number of hydrogen-bond acceptors (Lipinski definition) is 4. The van der Waals surface area contributed by atoms with Crippen molar-refractivity contribution in [2.24, 2.45) is 0 Å². The van der Waals surface area contributed by atoms with Crippen LogP contribution in [0.2, 0.25) is 0 Å². The summed E-state index contributed by atoms with van der Waals surface area (Å²) in [7, 11) is 0. The molecule has 0 spiro atoms. The van der Waals surface area contributed by atoms with E-state index in [2.05, 4.69) is 44.1 Å². The third-order valence-corrected chi connectivity index (χ3v) is 4.46. The van der Waals surface area contributed by atoms with Gasteiger partial charge in [0.15, 0.2) is 0 Å². The number of nitrogens with zero attached hydrogens (tertiary/aromatic N) is 2. The fourth-order valence-electron chi connectivity index (χ4n) is 2.84. The average Bonchev–Trinajstić information content (AvgIpc) is 2.55. The number of ether oxygens (including phenoxy) is 1. The van der Waals surface area contributed by atoms with Gasteiger partial charge >= 0.3 is 0 Å². The Bertz CT molecular complexity index is 635. The van der Waals surface area contributed by atoms with Gasteiger partial charge in [0.05, 0.1) is 5.69 Å². The van der Waals surface area contributed by atoms with E-state index in [0.29, 0.717) is 12.6 Å². The van der Waals surface area contributed by atoms with Crippen LogP contribution in [0.1, 0.15) is 18.2 Å². The first-order valence-corrected chi connectivity index (χ1v) is 8.77. The van der Waals surface area contributed by atoms with Gasteiger partial charge in [-0.05, 0) is 37.3 Å². The van der Waals surface area contributed by atoms with Crippen LogP contribution >= 0.6 is 15.9 Å². The minimum absolute atomic E-state index is 0.493. The summed E-state index contributed by atoms with van der Waals surface area (Å²) in [6, 6.07) is 12.6. The predicted octanol–water partition coefficient (Wildman–Crippen LogP) is 3.22. The van der Waals surface area contributed by atoms with E-state index in [4.69, 9.17) is 4.74 Å². The van der Waals surface area contributed by atoms with E-state index in [1.165, 1.54) is 5.56 Å². The first-order valence-electron chi connectivity index (χ1n) is 7.97. The molecule has 0 radical (unpaired) electrons. The smallest absolute Gasteiger partial charge is 0.130 e. The maximum Gasteiger partial charge on any atom is 0.130 e. The minimum Gasteiger partial charge on any atom is -0.487 e. The van der Waals surface area contributed by atoms with Crippen LogP contribution in [-0.4, -0.2) is 35.6 Å². The van der Waals surface area contributed by atoms with Gasteiger partial charge in [0.2, 0.25) is 0 Å². The molecule has 1 aliphatic rings. The van der Waals surface area contributed by atoms with Gasteiger partial charge in [0.1, 0.15) is 12.4 Å². The SMILES string of the molecule is CC1CN(Cc2cc(Br)ccc2OCc2ccccn2)CCN1. The molecule has 5 heteroatoms. The molecule has 1 N–H and O–H groups in total. The van der Waals surface area contributed by atoms with Gasteiger partial charge in [-0.2, -0.15) is 0 Å². The van der Waals surface area contributed by atoms with Crippen LogP contribution in [0.3, 0.4) is 0 Å². The zero-order chi connectivity index (χ0) is 16.1. The molecule has 4 nitrogen and oxygen atoms in total. The Balaban J connectivity index is 1.69. The second kappa shape index (κ2) is 7.90. The maximum absolute atomic E-state index is 6.02. The molecule has 0 saturated carbocycles. The number of pyridine rings is 1. The third-order valence-electron chi connectivity index (χ3n) is 3.97. The molecule has 1 aromatic carbocycles. The van der Waals surface area contributed by atoms with Crippen molar-refractivity contribution >= 4 is 15.9 Å². The van der Waals surface area contributed by atoms with Crippen molar-refractivity contribution in [2.75, 3.05) is 19.6 Å². The number of benzene rings is 1. The van der Waals surface area contributed by atoms with Crippen molar-refractivity contribution in [3.8, 4) is 5.75 Å². The molecule has 1 aliphatic heterocycles. The highest BCUT2D eigenvalue weighted by Crippen LogP contribution is 2.25. The first kappa shape index (κ1) is 16.4. The van der Waals surface area contributed by atoms with Gasteiger partial charge in [0, 0.05) is 48.5 Å². The summed E-state index contributed by atoms with van der Waals surface area (Å²) in [5.74, 6) is 0.935. The lowest BCUT2D eigenvalue weighted by molar-refractivity contribution is 0.195. The summed E-state index contributed by atoms with van der Waals surface area (Å²) in [5, 5.41) is 3.48. The summed E-state index contributed by atoms with van der Waals surface area (Å²) in [6.45, 7) is 6.80. The number of rotatable bonds is 5. The van der Waals surface area contributed by atoms with E-state index in [-0.39, 0.29) is 0 Å². The lowest BCUT2D eigenvalue weighted by atomic mass is 10.1. The van der Waals surface area contributed by atoms with Crippen LogP contribution < -0.4 is 10.1 Å². The maximum atomic E-state index is 6.02. The Kier molecular flexibility index (Phi) is 5.65. The van der Waals surface area contributed by atoms with E-state index < -0.39 is 0 Å². The second-order valence-electron chi connectivity index (χ2n) is 5.95. The van der Waals surface area contributed by atoms with Crippen molar-refractivity contribution in [1.82, 2.24) is 15.2 Å². The number of aromatic nitrogens is 1. The second-order valence-corrected chi connectivity index (χ2v) is 6.87. The van der Waals surface area contributed by atoms with Gasteiger partial charge in [-0.15, -0.1) is 0 Å². The molecule has 3 rings (SSSR count). The molecular formula is C18H22BrN3O. The fourth-order valence-corrected chi connectivity index (χ4v) is 3.25. The van der Waals surface area contributed by atoms with Crippen molar-refractivity contribution < 1.29 is 4.74 Å². The topological polar surface area (TPSA) is 37.4 Å². The van der Waals surface area contributed by atoms with Crippen molar-refractivity contribution in [1.29, 1.82) is 0 Å². The lowest BCUT2D eigenvalue weighted by Gasteiger charge is -2.32. The number of hydrogen-bond donors (Lipinski definition) is 1. The molecule has 1 fully saturated rings. The highest BCUT2D eigenvalue weighted by molar-refractivity contribution is 9.10. The lowest BCUT2D eigenvalue weighted by Crippen LogP contribution is -2.48. The van der Waals surface area contributed by atoms with Crippen molar-refractivity contribution in [2.45, 2.75) is 26.1 Å². The van der Waals surface area contributed by atoms with Crippen LogP contribution in [0.5, 0.6) is 5.75 Å². The summed E-state index contributed by atoms with van der Waals surface area (Å²) in [6.07, 6.45) is 1.79. The molecule has 0 amide bonds. The van der Waals surface area contributed by atoms with E-state index in [0.717, 1.165) is 42.1 Å². The zero-order valence-electron chi connectivity index (χ0n) is 13.3. The van der Waals surface area contributed by atoms with Gasteiger partial charge in [-0.25, -0.2) is 0 Å². The number of nitrogens with one attached hydrogen (secondary N) is 1. The van der Waals surface area contributed by atoms with Crippen LogP contribution in [-0.2, 0) is 13.2 Å². The summed E-state index contributed by atoms with van der Waals surface area (Å²) in [4.78, 5) is 6.78. The molecule has 0 aliphatic carbocycles. The Hall–Kier alpha value is -1.43. The highest BCUT2D eigenvalue weighted by atomic mass is 79.9. The van der Waals surface area contributed by atoms with Crippen molar-refractivity contribution in [3.05, 3.63) is 58.3 Å². The Morgan fingerprint density at radius 1 is 1.35 bits per heavy atom. The largest absolute Gasteiger partial charge is 0.487 e. The number of piperazine rings is 1. The quantitative estimate of drug-likeness (QED) is 0.870. The summed E-state index contributed by atoms with van der Waals surface area (Å²) < 4.78 is 7.11. The molecular weight excluding hydrogens is 354 g/mol. The van der Waals surface area contributed by atoms with E-state index >= 15 is 0 Å². The first-order chi connectivity index (χ1) is 11.2. The van der Waals surface area contributed by atoms with E-state index in [1.807, 2.05) is 30.3 Å². The standard InChI is InChI=1S/C18H22BrN3O/c1-14-11-22(9-8-20-14)12-15-10-16(19)5-6-18(15)23-13-17-4-2-3-7-21-17/h2-7,10,14,20H,8-9,11-13H2,1H3. The minimum atomic E-state index is 0.493. The van der Waals surface area contributed by atoms with Crippen LogP contribution in [0, 0.1) is 0 Å². The monoisotopic (exact) mass is 375 g/mol. The molecule has 0 bridgehead atoms. The Morgan fingerprint density at radius 3 is 3.04 bits per heavy atom. The molecule has 1 unspecified atom stereocenters. The van der Waals surface area contributed by atoms with Crippen LogP contribution in [0.25, 0.3) is 0 Å². The molecule has 23 heavy (non-hydrogen) atoms. The van der Waals surface area contributed by atoms with Gasteiger partial charge in [-0.1, -0.05) is 22.0 Å². The van der Waals surface area contributed by atoms with Gasteiger partial charge in [-0.3, -0.25) is 9.88 Å². The van der Waals surface area contributed by atoms with Crippen LogP contribution in [0.15, 0.2) is 47.1 Å². The van der Waals surface area contributed by atoms with Gasteiger partial charge in [0.25, 0.3) is 0 Å². The van der Waals surface area contributed by atoms with E-state index in [9.17, 15) is 0 Å². The summed E-state index contributed by atoms with van der Waals surface area (Å²) in [5.41, 5.74) is 2.15. The predicted molar refractivity (Wildman–Crippen MR) is 95.5 cm³/mol. The third kappa shape index (κ3) is 4.77. The molecule has 122 valence electrons. The fraction of sp³-hybridized carbons (Fsp3) is 0.389. The average molecular weight is 376 g/mol. The van der Waals surface area contributed by atoms with Crippen LogP contribution in [0.4, 0.5) is 0 Å². The number of halogens is 1. The Morgan fingerprint density at radius 2 is 2.26 bits per heavy atom. The molecule has 1 atom stereocenters. The van der Waals surface area contributed by atoms with Gasteiger partial charge < -0.3 is 10.1 Å². The normalized spacial score (nSPS) is 18.8.